The number of aromatic hydroxyl groups is 3. The lowest BCUT2D eigenvalue weighted by Gasteiger charge is -1.82. The summed E-state index contributed by atoms with van der Waals surface area (Å²) in [5, 5.41) is 25.9. The Labute approximate surface area is 140 Å². The van der Waals surface area contributed by atoms with Gasteiger partial charge in [-0.25, -0.2) is 0 Å². The monoisotopic (exact) mass is 362 g/mol. The summed E-state index contributed by atoms with van der Waals surface area (Å²) in [4.78, 5) is 0. The van der Waals surface area contributed by atoms with Crippen LogP contribution >= 0.6 is 17.0 Å². The first-order valence-electron chi connectivity index (χ1n) is 6.40. The van der Waals surface area contributed by atoms with Crippen molar-refractivity contribution in [3.63, 3.8) is 0 Å². The summed E-state index contributed by atoms with van der Waals surface area (Å²) >= 11 is 0. The van der Waals surface area contributed by atoms with Gasteiger partial charge in [-0.05, 0) is 36.4 Å². The second-order valence-electron chi connectivity index (χ2n) is 4.01. The average molecular weight is 363 g/mol. The Morgan fingerprint density at radius 3 is 0.636 bits per heavy atom. The van der Waals surface area contributed by atoms with E-state index >= 15 is 0 Å². The molecule has 3 aromatic rings. The van der Waals surface area contributed by atoms with Crippen molar-refractivity contribution in [3.05, 3.63) is 91.0 Å². The maximum Gasteiger partial charge on any atom is 0.115 e. The van der Waals surface area contributed by atoms with Crippen LogP contribution in [0.1, 0.15) is 0 Å². The SMILES string of the molecule is Br.Oc1ccccc1.Oc1ccccc1.Oc1ccccc1. The Hall–Kier alpha value is -2.46. The van der Waals surface area contributed by atoms with E-state index in [2.05, 4.69) is 0 Å². The fraction of sp³-hybridized carbons (Fsp3) is 0. The van der Waals surface area contributed by atoms with Gasteiger partial charge in [0.15, 0.2) is 0 Å². The zero-order valence-corrected chi connectivity index (χ0v) is 13.6. The van der Waals surface area contributed by atoms with Crippen LogP contribution < -0.4 is 0 Å². The van der Waals surface area contributed by atoms with Crippen molar-refractivity contribution in [3.8, 4) is 17.2 Å². The van der Waals surface area contributed by atoms with Crippen molar-refractivity contribution in [1.82, 2.24) is 0 Å². The Morgan fingerprint density at radius 2 is 0.545 bits per heavy atom. The van der Waals surface area contributed by atoms with E-state index in [1.54, 1.807) is 72.8 Å². The van der Waals surface area contributed by atoms with Crippen LogP contribution in [0.25, 0.3) is 0 Å². The molecule has 116 valence electrons. The van der Waals surface area contributed by atoms with Gasteiger partial charge in [0.1, 0.15) is 17.2 Å². The van der Waals surface area contributed by atoms with Crippen LogP contribution in [-0.2, 0) is 0 Å². The third-order valence-corrected chi connectivity index (χ3v) is 2.27. The highest BCUT2D eigenvalue weighted by Gasteiger charge is 1.76. The summed E-state index contributed by atoms with van der Waals surface area (Å²) in [6, 6.07) is 26.1. The number of phenolic OH excluding ortho intramolecular Hbond substituents is 3. The number of halogens is 1. The van der Waals surface area contributed by atoms with Crippen LogP contribution in [0.3, 0.4) is 0 Å². The maximum atomic E-state index is 8.63. The number of para-hydroxylation sites is 3. The number of benzene rings is 3. The van der Waals surface area contributed by atoms with E-state index in [-0.39, 0.29) is 17.0 Å². The first-order chi connectivity index (χ1) is 10.2. The number of hydrogen-bond acceptors (Lipinski definition) is 3. The fourth-order valence-electron chi connectivity index (χ4n) is 1.28. The molecule has 22 heavy (non-hydrogen) atoms. The first-order valence-corrected chi connectivity index (χ1v) is 6.40. The van der Waals surface area contributed by atoms with E-state index in [0.29, 0.717) is 17.2 Å². The first kappa shape index (κ1) is 19.5. The molecule has 0 aliphatic rings. The third-order valence-electron chi connectivity index (χ3n) is 2.27. The normalized spacial score (nSPS) is 8.18. The van der Waals surface area contributed by atoms with Crippen molar-refractivity contribution in [2.24, 2.45) is 0 Å². The fourth-order valence-corrected chi connectivity index (χ4v) is 1.28. The van der Waals surface area contributed by atoms with Gasteiger partial charge in [-0.3, -0.25) is 0 Å². The second kappa shape index (κ2) is 12.3. The molecule has 3 nitrogen and oxygen atoms in total. The summed E-state index contributed by atoms with van der Waals surface area (Å²) in [5.74, 6) is 0.965. The molecule has 0 atom stereocenters. The van der Waals surface area contributed by atoms with E-state index in [1.807, 2.05) is 18.2 Å². The molecule has 0 heterocycles. The molecule has 0 aliphatic heterocycles. The molecule has 0 saturated carbocycles. The van der Waals surface area contributed by atoms with Crippen LogP contribution in [0.4, 0.5) is 0 Å². The van der Waals surface area contributed by atoms with Crippen molar-refractivity contribution < 1.29 is 15.3 Å². The molecule has 0 bridgehead atoms. The van der Waals surface area contributed by atoms with Gasteiger partial charge in [-0.15, -0.1) is 17.0 Å². The van der Waals surface area contributed by atoms with Crippen molar-refractivity contribution in [1.29, 1.82) is 0 Å². The predicted molar refractivity (Wildman–Crippen MR) is 94.6 cm³/mol. The molecule has 0 saturated heterocycles. The van der Waals surface area contributed by atoms with E-state index in [1.165, 1.54) is 0 Å². The molecule has 0 spiro atoms. The standard InChI is InChI=1S/3C6H6O.BrH/c3*7-6-4-2-1-3-5-6;/h3*1-5,7H;1H. The molecule has 0 radical (unpaired) electrons. The van der Waals surface area contributed by atoms with Gasteiger partial charge < -0.3 is 15.3 Å². The molecule has 0 fully saturated rings. The van der Waals surface area contributed by atoms with Gasteiger partial charge in [0.05, 0.1) is 0 Å². The van der Waals surface area contributed by atoms with Gasteiger partial charge in [-0.1, -0.05) is 54.6 Å². The molecule has 3 aromatic carbocycles. The van der Waals surface area contributed by atoms with Gasteiger partial charge in [-0.2, -0.15) is 0 Å². The van der Waals surface area contributed by atoms with E-state index in [9.17, 15) is 0 Å². The number of hydrogen-bond donors (Lipinski definition) is 3. The molecule has 3 N–H and O–H groups in total. The highest BCUT2D eigenvalue weighted by molar-refractivity contribution is 8.93. The minimum atomic E-state index is 0. The van der Waals surface area contributed by atoms with Crippen LogP contribution in [0.5, 0.6) is 17.2 Å². The van der Waals surface area contributed by atoms with Gasteiger partial charge in [0.25, 0.3) is 0 Å². The third kappa shape index (κ3) is 10.3. The predicted octanol–water partition coefficient (Wildman–Crippen LogP) is 4.75. The van der Waals surface area contributed by atoms with Gasteiger partial charge in [0.2, 0.25) is 0 Å². The minimum Gasteiger partial charge on any atom is -0.508 e. The summed E-state index contributed by atoms with van der Waals surface area (Å²) < 4.78 is 0. The molecule has 0 aromatic heterocycles. The molecule has 4 heteroatoms. The Morgan fingerprint density at radius 1 is 0.364 bits per heavy atom. The van der Waals surface area contributed by atoms with Crippen molar-refractivity contribution >= 4 is 17.0 Å². The smallest absolute Gasteiger partial charge is 0.115 e. The molecular weight excluding hydrogens is 344 g/mol. The minimum absolute atomic E-state index is 0. The van der Waals surface area contributed by atoms with E-state index < -0.39 is 0 Å². The Kier molecular flexibility index (Phi) is 10.9. The molecule has 3 rings (SSSR count). The Bertz CT molecular complexity index is 497. The number of rotatable bonds is 0. The molecule has 0 aliphatic carbocycles. The topological polar surface area (TPSA) is 60.7 Å². The summed E-state index contributed by atoms with van der Waals surface area (Å²) in [6.45, 7) is 0. The summed E-state index contributed by atoms with van der Waals surface area (Å²) in [5.41, 5.74) is 0. The molecule has 0 unspecified atom stereocenters. The van der Waals surface area contributed by atoms with Crippen molar-refractivity contribution in [2.45, 2.75) is 0 Å². The summed E-state index contributed by atoms with van der Waals surface area (Å²) in [6.07, 6.45) is 0. The second-order valence-corrected chi connectivity index (χ2v) is 4.01. The Balaban J connectivity index is 0.000000294. The maximum absolute atomic E-state index is 8.63. The van der Waals surface area contributed by atoms with E-state index in [4.69, 9.17) is 15.3 Å². The van der Waals surface area contributed by atoms with Crippen molar-refractivity contribution in [2.75, 3.05) is 0 Å². The molecular formula is C18H19BrO3. The average Bonchev–Trinajstić information content (AvgIpc) is 2.51. The lowest BCUT2D eigenvalue weighted by molar-refractivity contribution is 0.475. The zero-order valence-electron chi connectivity index (χ0n) is 11.9. The lowest BCUT2D eigenvalue weighted by atomic mass is 10.3. The molecule has 0 amide bonds. The van der Waals surface area contributed by atoms with Crippen LogP contribution in [-0.4, -0.2) is 15.3 Å². The zero-order chi connectivity index (χ0) is 15.3. The van der Waals surface area contributed by atoms with E-state index in [0.717, 1.165) is 0 Å². The highest BCUT2D eigenvalue weighted by atomic mass is 79.9. The number of phenols is 3. The van der Waals surface area contributed by atoms with Crippen LogP contribution in [0.2, 0.25) is 0 Å². The highest BCUT2D eigenvalue weighted by Crippen LogP contribution is 2.04. The van der Waals surface area contributed by atoms with Gasteiger partial charge >= 0.3 is 0 Å². The summed E-state index contributed by atoms with van der Waals surface area (Å²) in [7, 11) is 0. The van der Waals surface area contributed by atoms with Crippen LogP contribution in [0.15, 0.2) is 91.0 Å². The largest absolute Gasteiger partial charge is 0.508 e. The van der Waals surface area contributed by atoms with Crippen LogP contribution in [0, 0.1) is 0 Å². The van der Waals surface area contributed by atoms with Gasteiger partial charge in [0, 0.05) is 0 Å². The quantitative estimate of drug-likeness (QED) is 0.540. The lowest BCUT2D eigenvalue weighted by Crippen LogP contribution is -1.56.